The van der Waals surface area contributed by atoms with Gasteiger partial charge in [-0.1, -0.05) is 43.0 Å². The summed E-state index contributed by atoms with van der Waals surface area (Å²) < 4.78 is 6.25. The first-order valence-corrected chi connectivity index (χ1v) is 14.4. The average molecular weight is 552 g/mol. The maximum absolute atomic E-state index is 12.5. The van der Waals surface area contributed by atoms with E-state index in [0.29, 0.717) is 50.8 Å². The lowest BCUT2D eigenvalue weighted by atomic mass is 10.0. The summed E-state index contributed by atoms with van der Waals surface area (Å²) in [4.78, 5) is 31.0. The van der Waals surface area contributed by atoms with E-state index >= 15 is 0 Å². The predicted octanol–water partition coefficient (Wildman–Crippen LogP) is 3.64. The fourth-order valence-electron chi connectivity index (χ4n) is 6.36. The Bertz CT molecular complexity index is 1490. The third-order valence-electron chi connectivity index (χ3n) is 8.67. The molecule has 0 bridgehead atoms. The lowest BCUT2D eigenvalue weighted by Crippen LogP contribution is -2.55. The lowest BCUT2D eigenvalue weighted by molar-refractivity contribution is -0.128. The molecule has 3 heterocycles. The van der Waals surface area contributed by atoms with E-state index in [-0.39, 0.29) is 18.4 Å². The van der Waals surface area contributed by atoms with E-state index in [1.54, 1.807) is 4.90 Å². The minimum Gasteiger partial charge on any atom is -0.463 e. The summed E-state index contributed by atoms with van der Waals surface area (Å²) >= 11 is 0. The van der Waals surface area contributed by atoms with Crippen molar-refractivity contribution < 1.29 is 9.53 Å². The van der Waals surface area contributed by atoms with Gasteiger partial charge < -0.3 is 24.3 Å². The normalized spacial score (nSPS) is 21.9. The second-order valence-corrected chi connectivity index (χ2v) is 11.5. The molecule has 2 aliphatic heterocycles. The highest BCUT2D eigenvalue weighted by Gasteiger charge is 2.40. The van der Waals surface area contributed by atoms with Crippen molar-refractivity contribution >= 4 is 28.2 Å². The van der Waals surface area contributed by atoms with Crippen LogP contribution in [-0.2, 0) is 17.8 Å². The van der Waals surface area contributed by atoms with Crippen LogP contribution in [-0.4, -0.2) is 84.6 Å². The minimum absolute atomic E-state index is 0.135. The van der Waals surface area contributed by atoms with Crippen LogP contribution in [0.4, 0.5) is 11.5 Å². The number of carbonyl (C=O) groups is 1. The van der Waals surface area contributed by atoms with Crippen LogP contribution >= 0.6 is 0 Å². The van der Waals surface area contributed by atoms with Crippen molar-refractivity contribution in [1.82, 2.24) is 19.8 Å². The van der Waals surface area contributed by atoms with E-state index in [1.807, 2.05) is 0 Å². The summed E-state index contributed by atoms with van der Waals surface area (Å²) in [5, 5.41) is 12.0. The van der Waals surface area contributed by atoms with Crippen LogP contribution < -0.4 is 14.5 Å². The molecule has 0 N–H and O–H groups in total. The van der Waals surface area contributed by atoms with Gasteiger partial charge >= 0.3 is 6.01 Å². The van der Waals surface area contributed by atoms with Gasteiger partial charge in [0.25, 0.3) is 0 Å². The first kappa shape index (κ1) is 27.0. The topological polar surface area (TPSA) is 88.8 Å². The van der Waals surface area contributed by atoms with Crippen molar-refractivity contribution in [3.63, 3.8) is 0 Å². The summed E-state index contributed by atoms with van der Waals surface area (Å²) in [5.74, 6) is 1.22. The van der Waals surface area contributed by atoms with Gasteiger partial charge in [0.2, 0.25) is 5.91 Å². The van der Waals surface area contributed by atoms with Crippen molar-refractivity contribution in [1.29, 1.82) is 5.26 Å². The Balaban J connectivity index is 1.31. The van der Waals surface area contributed by atoms with Crippen LogP contribution in [0.5, 0.6) is 6.01 Å². The van der Waals surface area contributed by atoms with Gasteiger partial charge in [-0.25, -0.2) is 0 Å². The maximum atomic E-state index is 12.5. The fraction of sp³-hybridized carbons (Fsp3) is 0.438. The van der Waals surface area contributed by atoms with E-state index in [1.165, 1.54) is 22.5 Å². The van der Waals surface area contributed by atoms with Crippen molar-refractivity contribution in [3.05, 3.63) is 66.4 Å². The van der Waals surface area contributed by atoms with E-state index in [0.717, 1.165) is 36.5 Å². The van der Waals surface area contributed by atoms with Gasteiger partial charge in [-0.3, -0.25) is 4.79 Å². The Morgan fingerprint density at radius 2 is 1.98 bits per heavy atom. The Kier molecular flexibility index (Phi) is 7.50. The number of nitrogens with zero attached hydrogens (tertiary/aromatic N) is 7. The first-order valence-electron chi connectivity index (χ1n) is 14.4. The number of hydrogen-bond donors (Lipinski definition) is 0. The number of anilines is 2. The van der Waals surface area contributed by atoms with Crippen LogP contribution in [0.25, 0.3) is 10.8 Å². The van der Waals surface area contributed by atoms with Gasteiger partial charge in [0.05, 0.1) is 37.4 Å². The number of rotatable bonds is 8. The highest BCUT2D eigenvalue weighted by atomic mass is 16.5. The van der Waals surface area contributed by atoms with Gasteiger partial charge in [0, 0.05) is 54.8 Å². The van der Waals surface area contributed by atoms with Crippen molar-refractivity contribution in [2.45, 2.75) is 37.9 Å². The number of piperazine rings is 1. The van der Waals surface area contributed by atoms with E-state index in [4.69, 9.17) is 14.7 Å². The minimum atomic E-state index is -0.225. The molecule has 2 aromatic carbocycles. The molecule has 41 heavy (non-hydrogen) atoms. The van der Waals surface area contributed by atoms with Crippen molar-refractivity contribution in [2.24, 2.45) is 5.92 Å². The smallest absolute Gasteiger partial charge is 0.318 e. The van der Waals surface area contributed by atoms with Crippen LogP contribution in [0.3, 0.4) is 0 Å². The molecule has 9 nitrogen and oxygen atoms in total. The molecule has 1 saturated heterocycles. The molecule has 9 heteroatoms. The molecule has 0 spiro atoms. The first-order chi connectivity index (χ1) is 20.0. The zero-order chi connectivity index (χ0) is 28.5. The number of carbonyl (C=O) groups excluding carboxylic acids is 1. The summed E-state index contributed by atoms with van der Waals surface area (Å²) in [7, 11) is 4.21. The Morgan fingerprint density at radius 3 is 2.76 bits per heavy atom. The van der Waals surface area contributed by atoms with Gasteiger partial charge in [-0.05, 0) is 44.5 Å². The van der Waals surface area contributed by atoms with E-state index in [9.17, 15) is 10.1 Å². The number of benzene rings is 2. The highest BCUT2D eigenvalue weighted by Crippen LogP contribution is 2.37. The summed E-state index contributed by atoms with van der Waals surface area (Å²) in [6, 6.07) is 17.9. The molecule has 3 unspecified atom stereocenters. The maximum Gasteiger partial charge on any atom is 0.318 e. The number of amides is 1. The molecule has 1 saturated carbocycles. The lowest BCUT2D eigenvalue weighted by Gasteiger charge is -2.42. The van der Waals surface area contributed by atoms with Crippen LogP contribution in [0, 0.1) is 17.2 Å². The summed E-state index contributed by atoms with van der Waals surface area (Å²) in [6.45, 7) is 7.43. The van der Waals surface area contributed by atoms with Gasteiger partial charge in [-0.15, -0.1) is 0 Å². The molecule has 3 aromatic rings. The van der Waals surface area contributed by atoms with Crippen LogP contribution in [0.1, 0.15) is 24.1 Å². The highest BCUT2D eigenvalue weighted by molar-refractivity contribution is 5.94. The monoisotopic (exact) mass is 551 g/mol. The zero-order valence-corrected chi connectivity index (χ0v) is 23.9. The number of ether oxygens (including phenoxy) is 1. The molecule has 3 aliphatic rings. The fourth-order valence-corrected chi connectivity index (χ4v) is 6.36. The molecular formula is C32H37N7O2. The summed E-state index contributed by atoms with van der Waals surface area (Å²) in [6.07, 6.45) is 3.51. The van der Waals surface area contributed by atoms with Crippen molar-refractivity contribution in [3.8, 4) is 12.1 Å². The molecular weight excluding hydrogens is 514 g/mol. The second kappa shape index (κ2) is 11.4. The van der Waals surface area contributed by atoms with Crippen LogP contribution in [0.2, 0.25) is 0 Å². The Morgan fingerprint density at radius 1 is 1.15 bits per heavy atom. The van der Waals surface area contributed by atoms with Gasteiger partial charge in [0.15, 0.2) is 0 Å². The Hall–Kier alpha value is -4.16. The molecule has 1 aliphatic carbocycles. The number of fused-ring (bicyclic) bond motifs is 2. The van der Waals surface area contributed by atoms with Gasteiger partial charge in [-0.2, -0.15) is 15.2 Å². The Labute approximate surface area is 241 Å². The molecule has 0 radical (unpaired) electrons. The molecule has 3 atom stereocenters. The molecule has 1 amide bonds. The number of hydrogen-bond acceptors (Lipinski definition) is 8. The molecule has 6 rings (SSSR count). The van der Waals surface area contributed by atoms with E-state index < -0.39 is 0 Å². The number of aromatic nitrogens is 2. The second-order valence-electron chi connectivity index (χ2n) is 11.5. The molecule has 1 aromatic heterocycles. The quantitative estimate of drug-likeness (QED) is 0.392. The standard InChI is InChI=1S/C32H37N7O2/c1-4-30(40)39-17-16-38(19-24(39)12-14-33)31-26-13-15-37(28-11-7-9-22-8-5-6-10-25(22)28)20-27(26)34-32(35-31)41-21-23-18-29(23)36(2)3/h4-11,23-24,29H,1,12-13,15-21H2,2-3H3. The van der Waals surface area contributed by atoms with Gasteiger partial charge in [0.1, 0.15) is 5.82 Å². The van der Waals surface area contributed by atoms with E-state index in [2.05, 4.69) is 83.9 Å². The van der Waals surface area contributed by atoms with Crippen molar-refractivity contribution in [2.75, 3.05) is 56.7 Å². The predicted molar refractivity (Wildman–Crippen MR) is 160 cm³/mol. The SMILES string of the molecule is C=CC(=O)N1CCN(c2nc(OCC3CC3N(C)C)nc3c2CCN(c2cccc4ccccc24)C3)CC1CC#N. The third-order valence-corrected chi connectivity index (χ3v) is 8.67. The van der Waals surface area contributed by atoms with Crippen LogP contribution in [0.15, 0.2) is 55.1 Å². The molecule has 212 valence electrons. The molecule has 2 fully saturated rings. The largest absolute Gasteiger partial charge is 0.463 e. The number of nitriles is 1. The summed E-state index contributed by atoms with van der Waals surface area (Å²) in [5.41, 5.74) is 3.31. The average Bonchev–Trinajstić information content (AvgIpc) is 3.79. The third kappa shape index (κ3) is 5.44. The zero-order valence-electron chi connectivity index (χ0n) is 23.9.